The predicted octanol–water partition coefficient (Wildman–Crippen LogP) is 36.5. The van der Waals surface area contributed by atoms with Crippen LogP contribution in [0.25, 0.3) is 94.2 Å². The summed E-state index contributed by atoms with van der Waals surface area (Å²) in [5.41, 5.74) is 50.0. The second-order valence-electron chi connectivity index (χ2n) is 47.5. The molecule has 15 aromatic rings. The van der Waals surface area contributed by atoms with Crippen molar-refractivity contribution in [2.75, 3.05) is 14.7 Å². The van der Waals surface area contributed by atoms with Gasteiger partial charge in [0.1, 0.15) is 0 Å². The van der Waals surface area contributed by atoms with Crippen LogP contribution < -0.4 is 31.1 Å². The minimum Gasteiger partial charge on any atom is -0.310 e. The van der Waals surface area contributed by atoms with E-state index in [1.165, 1.54) is 266 Å². The summed E-state index contributed by atoms with van der Waals surface area (Å²) in [5, 5.41) is 2.94. The first-order valence-electron chi connectivity index (χ1n) is 53.6. The van der Waals surface area contributed by atoms with Gasteiger partial charge in [0, 0.05) is 68.2 Å². The molecule has 0 bridgehead atoms. The monoisotopic (exact) mass is 1840 g/mol. The smallest absolute Gasteiger partial charge is 0.252 e. The van der Waals surface area contributed by atoms with Crippen molar-refractivity contribution >= 4 is 90.6 Å². The molecular formula is C138H132BN3. The van der Waals surface area contributed by atoms with E-state index in [1.807, 2.05) is 0 Å². The molecule has 0 spiro atoms. The van der Waals surface area contributed by atoms with Gasteiger partial charge in [-0.25, -0.2) is 0 Å². The summed E-state index contributed by atoms with van der Waals surface area (Å²) in [5.74, 6) is 2.77. The van der Waals surface area contributed by atoms with Crippen LogP contribution in [0.2, 0.25) is 0 Å². The number of nitrogens with zero attached hydrogens (tertiary/aromatic N) is 3. The average Bonchev–Trinajstić information content (AvgIpc) is 0.684. The third kappa shape index (κ3) is 15.8. The van der Waals surface area contributed by atoms with Crippen LogP contribution in [0.1, 0.15) is 223 Å². The van der Waals surface area contributed by atoms with E-state index in [4.69, 9.17) is 0 Å². The summed E-state index contributed by atoms with van der Waals surface area (Å²) in [6.45, 7) is 29.2. The summed E-state index contributed by atoms with van der Waals surface area (Å²) in [6.07, 6.45) is 33.6. The van der Waals surface area contributed by atoms with Crippen molar-refractivity contribution in [2.24, 2.45) is 39.9 Å². The fourth-order valence-corrected chi connectivity index (χ4v) is 27.0. The highest BCUT2D eigenvalue weighted by molar-refractivity contribution is 7.00. The molecule has 142 heavy (non-hydrogen) atoms. The Hall–Kier alpha value is -13.5. The molecule has 2 heterocycles. The van der Waals surface area contributed by atoms with E-state index >= 15 is 0 Å². The van der Waals surface area contributed by atoms with Crippen molar-refractivity contribution in [1.29, 1.82) is 0 Å². The Balaban J connectivity index is 0.868. The fourth-order valence-electron chi connectivity index (χ4n) is 27.0. The molecule has 5 atom stereocenters. The number of hydrogen-bond acceptors (Lipinski definition) is 3. The quantitative estimate of drug-likeness (QED) is 0.0947. The first-order valence-corrected chi connectivity index (χ1v) is 53.6. The highest BCUT2D eigenvalue weighted by Gasteiger charge is 2.50. The molecule has 4 heteroatoms. The Morgan fingerprint density at radius 3 is 1.27 bits per heavy atom. The largest absolute Gasteiger partial charge is 0.310 e. The second kappa shape index (κ2) is 35.3. The van der Waals surface area contributed by atoms with E-state index in [0.29, 0.717) is 35.5 Å². The molecule has 0 saturated heterocycles. The van der Waals surface area contributed by atoms with E-state index in [-0.39, 0.29) is 34.3 Å². The minimum atomic E-state index is -0.358. The molecule has 25 rings (SSSR count). The first kappa shape index (κ1) is 89.8. The van der Waals surface area contributed by atoms with Crippen molar-refractivity contribution < 1.29 is 0 Å². The van der Waals surface area contributed by atoms with Crippen molar-refractivity contribution in [1.82, 2.24) is 0 Å². The lowest BCUT2D eigenvalue weighted by Crippen LogP contribution is -2.61. The molecule has 10 aliphatic rings. The van der Waals surface area contributed by atoms with Crippen molar-refractivity contribution in [2.45, 2.75) is 203 Å². The molecule has 3 nitrogen and oxygen atoms in total. The summed E-state index contributed by atoms with van der Waals surface area (Å²) in [6, 6.07) is 128. The Morgan fingerprint density at radius 1 is 0.345 bits per heavy atom. The molecule has 2 fully saturated rings. The number of hydrogen-bond donors (Lipinski definition) is 0. The predicted molar refractivity (Wildman–Crippen MR) is 606 cm³/mol. The standard InChI is InChI=1S/C138H132BN3/c1-135(2,3)107-69-99-53-55-101-71-109(137(7,8)9)83-120-114(79-105(73-107)128(99)130(101)120)97-61-67-124-122(81-97)139-123-82-98(115-80-106-74-108(136(4,5)6)70-100-54-56-102-72-110(138(10,11)12)84-121(115)131(102)129(100)106)62-68-125(123)142(134-118(95-49-33-19-34-50-95)77-104(90-43-27-16-28-44-90)78-119(134)96-51-35-20-36-52-96)127-86-113(140(111-63-57-91(58-64-111)87-37-21-13-22-38-87)112-65-59-92(60-66-112)88-39-23-14-24-40-88)85-126(132(127)139)141(124)133-116(93-45-29-17-30-46-93)75-103(89-41-25-15-26-42-89)76-117(133)94-47-31-18-32-48-94/h13-14,17-24,29-40,45-53,55,57-68,71-73,75-86,89-90,99-100,108,128,130H,15-16,25-28,41-44,54,56,69-70,74H2,1-12H3. The lowest BCUT2D eigenvalue weighted by Gasteiger charge is -2.48. The zero-order valence-corrected chi connectivity index (χ0v) is 85.1. The molecule has 2 saturated carbocycles. The van der Waals surface area contributed by atoms with E-state index < -0.39 is 0 Å². The van der Waals surface area contributed by atoms with Gasteiger partial charge >= 0.3 is 0 Å². The number of fused-ring (bicyclic) bond motifs is 4. The number of allylic oxidation sites excluding steroid dienone is 12. The number of benzene rings is 15. The van der Waals surface area contributed by atoms with Gasteiger partial charge in [-0.05, 0) is 338 Å². The maximum atomic E-state index is 2.87. The van der Waals surface area contributed by atoms with Crippen LogP contribution in [0.5, 0.6) is 0 Å². The van der Waals surface area contributed by atoms with Crippen molar-refractivity contribution in [3.8, 4) is 77.9 Å². The first-order chi connectivity index (χ1) is 68.9. The SMILES string of the molecule is CC(C)(C)C1=CC2=C(c3ccc4c(c3)B3c5cc(-c6cc7c8c9c(cc(C(C)(C)C)cc69)CCC8CC(C(C)(C)C)C7)ccc5N(c5c(-c6ccccc6)cc(C6CCCCC6)cc5-c5ccccc5)c5cc(N(c6ccc(-c7ccccc7)cc6)c6ccc(-c7ccccc7)cc6)cc(c53)N4c3c(-c4ccccc4)cc(C4CCCCC4)cc3-c3ccccc3)C=C3C=C(C(C)(C)C)CC4C=CC(=C1)C2C34. The zero-order chi connectivity index (χ0) is 96.3. The van der Waals surface area contributed by atoms with Gasteiger partial charge in [0.2, 0.25) is 0 Å². The van der Waals surface area contributed by atoms with E-state index in [9.17, 15) is 0 Å². The van der Waals surface area contributed by atoms with E-state index in [2.05, 4.69) is 456 Å². The lowest BCUT2D eigenvalue weighted by atomic mass is 9.33. The molecule has 2 aliphatic heterocycles. The Labute approximate surface area is 844 Å². The van der Waals surface area contributed by atoms with Gasteiger partial charge in [-0.1, -0.05) is 406 Å². The molecule has 8 aliphatic carbocycles. The van der Waals surface area contributed by atoms with Gasteiger partial charge in [0.25, 0.3) is 6.71 Å². The van der Waals surface area contributed by atoms with Gasteiger partial charge in [0.15, 0.2) is 0 Å². The highest BCUT2D eigenvalue weighted by atomic mass is 15.2. The van der Waals surface area contributed by atoms with Crippen LogP contribution >= 0.6 is 0 Å². The van der Waals surface area contributed by atoms with Crippen molar-refractivity contribution in [3.05, 3.63) is 425 Å². The van der Waals surface area contributed by atoms with E-state index in [1.54, 1.807) is 11.1 Å². The average molecular weight is 1840 g/mol. The summed E-state index contributed by atoms with van der Waals surface area (Å²) in [4.78, 5) is 8.35. The van der Waals surface area contributed by atoms with Crippen LogP contribution in [0.15, 0.2) is 386 Å². The van der Waals surface area contributed by atoms with Crippen LogP contribution in [0, 0.1) is 39.9 Å². The lowest BCUT2D eigenvalue weighted by molar-refractivity contribution is 0.197. The summed E-state index contributed by atoms with van der Waals surface area (Å²) < 4.78 is 0. The van der Waals surface area contributed by atoms with Crippen LogP contribution in [-0.2, 0) is 18.3 Å². The normalized spacial score (nSPS) is 19.2. The molecule has 0 radical (unpaired) electrons. The maximum absolute atomic E-state index is 2.87. The number of rotatable bonds is 15. The number of aryl methyl sites for hydroxylation is 1. The van der Waals surface area contributed by atoms with Gasteiger partial charge in [-0.15, -0.1) is 0 Å². The highest BCUT2D eigenvalue weighted by Crippen LogP contribution is 2.62. The Kier molecular flexibility index (Phi) is 22.3. The molecule has 15 aromatic carbocycles. The Morgan fingerprint density at radius 2 is 0.803 bits per heavy atom. The minimum absolute atomic E-state index is 0.00750. The van der Waals surface area contributed by atoms with Crippen LogP contribution in [0.4, 0.5) is 51.2 Å². The molecule has 0 amide bonds. The number of anilines is 9. The van der Waals surface area contributed by atoms with Gasteiger partial charge < -0.3 is 14.7 Å². The summed E-state index contributed by atoms with van der Waals surface area (Å²) >= 11 is 0. The third-order valence-corrected chi connectivity index (χ3v) is 34.7. The molecular weight excluding hydrogens is 1710 g/mol. The van der Waals surface area contributed by atoms with Gasteiger partial charge in [-0.2, -0.15) is 0 Å². The summed E-state index contributed by atoms with van der Waals surface area (Å²) in [7, 11) is 0. The topological polar surface area (TPSA) is 9.72 Å². The maximum Gasteiger partial charge on any atom is 0.252 e. The molecule has 702 valence electrons. The third-order valence-electron chi connectivity index (χ3n) is 34.7. The van der Waals surface area contributed by atoms with Gasteiger partial charge in [-0.3, -0.25) is 0 Å². The molecule has 5 unspecified atom stereocenters. The van der Waals surface area contributed by atoms with Crippen LogP contribution in [-0.4, -0.2) is 6.71 Å². The van der Waals surface area contributed by atoms with E-state index in [0.717, 1.165) is 47.7 Å². The van der Waals surface area contributed by atoms with Crippen LogP contribution in [0.3, 0.4) is 0 Å². The van der Waals surface area contributed by atoms with Crippen molar-refractivity contribution in [3.63, 3.8) is 0 Å². The fraction of sp³-hybridized carbons (Fsp3) is 0.275. The molecule has 0 N–H and O–H groups in total. The Bertz CT molecular complexity index is 7470. The zero-order valence-electron chi connectivity index (χ0n) is 85.1. The second-order valence-corrected chi connectivity index (χ2v) is 47.5. The molecule has 0 aromatic heterocycles. The van der Waals surface area contributed by atoms with Gasteiger partial charge in [0.05, 0.1) is 17.1 Å².